The highest BCUT2D eigenvalue weighted by Crippen LogP contribution is 2.44. The van der Waals surface area contributed by atoms with E-state index in [1.807, 2.05) is 23.9 Å². The average molecular weight is 523 g/mol. The van der Waals surface area contributed by atoms with Crippen LogP contribution in [0.25, 0.3) is 22.4 Å². The van der Waals surface area contributed by atoms with Crippen LogP contribution < -0.4 is 10.2 Å². The van der Waals surface area contributed by atoms with Crippen LogP contribution >= 0.6 is 0 Å². The summed E-state index contributed by atoms with van der Waals surface area (Å²) in [4.78, 5) is 16.5. The first-order valence-corrected chi connectivity index (χ1v) is 11.7. The molecule has 0 aliphatic carbocycles. The van der Waals surface area contributed by atoms with E-state index in [1.165, 1.54) is 12.4 Å². The van der Waals surface area contributed by atoms with Gasteiger partial charge in [0.25, 0.3) is 0 Å². The van der Waals surface area contributed by atoms with E-state index in [-0.39, 0.29) is 28.3 Å². The summed E-state index contributed by atoms with van der Waals surface area (Å²) in [6, 6.07) is 3.71. The van der Waals surface area contributed by atoms with Crippen molar-refractivity contribution in [2.24, 2.45) is 0 Å². The maximum Gasteiger partial charge on any atom is 0.419 e. The van der Waals surface area contributed by atoms with Crippen LogP contribution in [0.4, 0.5) is 27.8 Å². The third kappa shape index (κ3) is 6.03. The van der Waals surface area contributed by atoms with Gasteiger partial charge in [0.2, 0.25) is 0 Å². The maximum atomic E-state index is 14.5. The van der Waals surface area contributed by atoms with Crippen molar-refractivity contribution in [3.63, 3.8) is 0 Å². The van der Waals surface area contributed by atoms with Gasteiger partial charge in [-0.2, -0.15) is 13.2 Å². The Bertz CT molecular complexity index is 1250. The third-order valence-corrected chi connectivity index (χ3v) is 6.07. The van der Waals surface area contributed by atoms with Crippen LogP contribution in [0.5, 0.6) is 0 Å². The van der Waals surface area contributed by atoms with E-state index >= 15 is 0 Å². The number of pyridine rings is 1. The smallest absolute Gasteiger partial charge is 0.385 e. The van der Waals surface area contributed by atoms with E-state index in [2.05, 4.69) is 20.3 Å². The number of nitrogens with one attached hydrogen (secondary N) is 1. The van der Waals surface area contributed by atoms with Crippen LogP contribution in [0, 0.1) is 11.6 Å². The summed E-state index contributed by atoms with van der Waals surface area (Å²) in [5, 5.41) is 13.8. The minimum Gasteiger partial charge on any atom is -0.385 e. The second kappa shape index (κ2) is 11.0. The second-order valence-electron chi connectivity index (χ2n) is 9.02. The summed E-state index contributed by atoms with van der Waals surface area (Å²) < 4.78 is 70.9. The largest absolute Gasteiger partial charge is 0.419 e. The fraction of sp³-hybridized carbons (Fsp3) is 0.400. The van der Waals surface area contributed by atoms with Crippen LogP contribution in [0.1, 0.15) is 23.9 Å². The lowest BCUT2D eigenvalue weighted by Crippen LogP contribution is -2.44. The number of hydrogen-bond donors (Lipinski definition) is 2. The topological polar surface area (TPSA) is 77.4 Å². The molecule has 1 aliphatic rings. The van der Waals surface area contributed by atoms with Gasteiger partial charge in [-0.1, -0.05) is 6.07 Å². The zero-order valence-electron chi connectivity index (χ0n) is 20.4. The fourth-order valence-corrected chi connectivity index (χ4v) is 4.20. The highest BCUT2D eigenvalue weighted by atomic mass is 19.4. The summed E-state index contributed by atoms with van der Waals surface area (Å²) in [6.07, 6.45) is -3.13. The lowest BCUT2D eigenvalue weighted by atomic mass is 9.95. The number of anilines is 1. The molecule has 7 nitrogen and oxygen atoms in total. The zero-order chi connectivity index (χ0) is 26.7. The van der Waals surface area contributed by atoms with Crippen LogP contribution in [-0.4, -0.2) is 71.8 Å². The number of halogens is 5. The fourth-order valence-electron chi connectivity index (χ4n) is 4.20. The van der Waals surface area contributed by atoms with Crippen LogP contribution in [0.2, 0.25) is 0 Å². The van der Waals surface area contributed by atoms with E-state index < -0.39 is 35.2 Å². The molecule has 37 heavy (non-hydrogen) atoms. The Balaban J connectivity index is 1.89. The molecule has 1 aromatic carbocycles. The molecule has 12 heteroatoms. The number of aliphatic hydroxyl groups is 1. The first-order valence-electron chi connectivity index (χ1n) is 11.7. The van der Waals surface area contributed by atoms with E-state index in [0.717, 1.165) is 24.3 Å². The number of nitrogens with zero attached hydrogens (tertiary/aromatic N) is 5. The van der Waals surface area contributed by atoms with Crippen LogP contribution in [0.15, 0.2) is 36.7 Å². The summed E-state index contributed by atoms with van der Waals surface area (Å²) >= 11 is 0. The van der Waals surface area contributed by atoms with Crippen molar-refractivity contribution in [1.82, 2.24) is 25.2 Å². The SMILES string of the molecule is CN(C)CCC(O)c1ncc(-c2nccc(-c3ccc(F)c(F)c3)c2C(F)(F)F)c(N2CCNCC2)n1. The number of alkyl halides is 3. The van der Waals surface area contributed by atoms with Crippen molar-refractivity contribution in [2.45, 2.75) is 18.7 Å². The Hall–Kier alpha value is -3.22. The summed E-state index contributed by atoms with van der Waals surface area (Å²) in [7, 11) is 3.71. The normalized spacial score (nSPS) is 15.3. The van der Waals surface area contributed by atoms with E-state index in [4.69, 9.17) is 0 Å². The molecule has 1 saturated heterocycles. The van der Waals surface area contributed by atoms with Gasteiger partial charge in [0.15, 0.2) is 17.5 Å². The van der Waals surface area contributed by atoms with Gasteiger partial charge in [0.05, 0.1) is 16.8 Å². The Labute approximate surface area is 211 Å². The molecule has 198 valence electrons. The highest BCUT2D eigenvalue weighted by molar-refractivity contribution is 5.81. The number of benzene rings is 1. The molecule has 3 aromatic rings. The van der Waals surface area contributed by atoms with Gasteiger partial charge in [-0.15, -0.1) is 0 Å². The Morgan fingerprint density at radius 2 is 1.78 bits per heavy atom. The van der Waals surface area contributed by atoms with Crippen LogP contribution in [0.3, 0.4) is 0 Å². The molecular formula is C25H27F5N6O. The number of aromatic nitrogens is 3. The van der Waals surface area contributed by atoms with Crippen molar-refractivity contribution < 1.29 is 27.1 Å². The van der Waals surface area contributed by atoms with Gasteiger partial charge in [0.1, 0.15) is 11.9 Å². The van der Waals surface area contributed by atoms with E-state index in [0.29, 0.717) is 39.1 Å². The highest BCUT2D eigenvalue weighted by Gasteiger charge is 2.39. The summed E-state index contributed by atoms with van der Waals surface area (Å²) in [5.41, 5.74) is -2.00. The number of hydrogen-bond acceptors (Lipinski definition) is 7. The third-order valence-electron chi connectivity index (χ3n) is 6.07. The number of rotatable bonds is 7. The predicted octanol–water partition coefficient (Wildman–Crippen LogP) is 3.90. The Morgan fingerprint density at radius 3 is 2.43 bits per heavy atom. The van der Waals surface area contributed by atoms with Gasteiger partial charge in [-0.25, -0.2) is 18.7 Å². The predicted molar refractivity (Wildman–Crippen MR) is 129 cm³/mol. The Morgan fingerprint density at radius 1 is 1.05 bits per heavy atom. The molecule has 0 bridgehead atoms. The summed E-state index contributed by atoms with van der Waals surface area (Å²) in [5.74, 6) is -2.10. The van der Waals surface area contributed by atoms with Gasteiger partial charge in [0, 0.05) is 45.1 Å². The van der Waals surface area contributed by atoms with Crippen molar-refractivity contribution >= 4 is 5.82 Å². The van der Waals surface area contributed by atoms with Crippen molar-refractivity contribution in [3.8, 4) is 22.4 Å². The Kier molecular flexibility index (Phi) is 8.00. The lowest BCUT2D eigenvalue weighted by molar-refractivity contribution is -0.136. The van der Waals surface area contributed by atoms with Gasteiger partial charge in [-0.3, -0.25) is 4.98 Å². The molecule has 3 heterocycles. The molecule has 2 N–H and O–H groups in total. The van der Waals surface area contributed by atoms with Crippen molar-refractivity contribution in [1.29, 1.82) is 0 Å². The molecule has 0 radical (unpaired) electrons. The molecule has 0 saturated carbocycles. The molecular weight excluding hydrogens is 495 g/mol. The lowest BCUT2D eigenvalue weighted by Gasteiger charge is -2.31. The van der Waals surface area contributed by atoms with Crippen molar-refractivity contribution in [3.05, 3.63) is 59.7 Å². The molecule has 0 spiro atoms. The van der Waals surface area contributed by atoms with Gasteiger partial charge >= 0.3 is 6.18 Å². The molecule has 4 rings (SSSR count). The molecule has 0 amide bonds. The standard InChI is InChI=1S/C25H27F5N6O/c1-35(2)10-6-20(37)23-33-14-17(24(34-23)36-11-8-31-9-12-36)22-21(25(28,29)30)16(5-7-32-22)15-3-4-18(26)19(27)13-15/h3-5,7,13-14,20,31,37H,6,8-12H2,1-2H3. The van der Waals surface area contributed by atoms with E-state index in [1.54, 1.807) is 0 Å². The summed E-state index contributed by atoms with van der Waals surface area (Å²) in [6.45, 7) is 2.70. The minimum absolute atomic E-state index is 0.0298. The maximum absolute atomic E-state index is 14.5. The second-order valence-corrected chi connectivity index (χ2v) is 9.02. The first-order chi connectivity index (χ1) is 17.6. The molecule has 1 unspecified atom stereocenters. The number of aliphatic hydroxyl groups excluding tert-OH is 1. The van der Waals surface area contributed by atoms with Crippen molar-refractivity contribution in [2.75, 3.05) is 51.7 Å². The zero-order valence-corrected chi connectivity index (χ0v) is 20.4. The molecule has 1 aliphatic heterocycles. The molecule has 1 atom stereocenters. The van der Waals surface area contributed by atoms with E-state index in [9.17, 15) is 27.1 Å². The van der Waals surface area contributed by atoms with Gasteiger partial charge in [-0.05, 0) is 49.8 Å². The number of piperazine rings is 1. The van der Waals surface area contributed by atoms with Gasteiger partial charge < -0.3 is 20.2 Å². The molecule has 2 aromatic heterocycles. The first kappa shape index (κ1) is 26.8. The van der Waals surface area contributed by atoms with Crippen LogP contribution in [-0.2, 0) is 6.18 Å². The molecule has 1 fully saturated rings. The average Bonchev–Trinajstić information content (AvgIpc) is 2.88. The minimum atomic E-state index is -4.88. The quantitative estimate of drug-likeness (QED) is 0.456. The monoisotopic (exact) mass is 522 g/mol.